The highest BCUT2D eigenvalue weighted by atomic mass is 32.1. The molecule has 0 saturated carbocycles. The molecule has 0 aliphatic heterocycles. The minimum absolute atomic E-state index is 0.718. The highest BCUT2D eigenvalue weighted by Crippen LogP contribution is 2.03. The Morgan fingerprint density at radius 2 is 1.27 bits per heavy atom. The third-order valence-corrected chi connectivity index (χ3v) is 11.7. The van der Waals surface area contributed by atoms with E-state index in [9.17, 15) is 0 Å². The van der Waals surface area contributed by atoms with Gasteiger partial charge in [0, 0.05) is 86.4 Å². The standard InChI is InChI=1S/C6H8O.6C4H5NO.6C4H5NS/c1-5-3-4-6(2)7-5;1-4-2-6-3-5-4;1-4-2-5-3-6-4;1-4-2-5-6-3-4;1-4-5-2-3-6-4;1-4-2-3-6-5-4;1-4-2-3-5-6-4;1-4-2-6-3-5-4;1-4-2-5-3-6-4;1-4-2-5-6-3-4;1-4-5-2-3-6-4;1-4-2-3-6-5-4;1-4-2-3-5-6-4/h3-4H,1-2H3;12*2-3H,1H3. The lowest BCUT2D eigenvalue weighted by Gasteiger charge is -1.76. The summed E-state index contributed by atoms with van der Waals surface area (Å²) in [6.45, 7) is 27.1. The first kappa shape index (κ1) is 69.3. The third kappa shape index (κ3) is 45.1. The lowest BCUT2D eigenvalue weighted by atomic mass is 10.4. The van der Waals surface area contributed by atoms with Gasteiger partial charge in [-0.3, -0.25) is 15.0 Å². The van der Waals surface area contributed by atoms with Gasteiger partial charge in [-0.1, -0.05) is 15.5 Å². The molecule has 422 valence electrons. The molecule has 25 heteroatoms. The van der Waals surface area contributed by atoms with E-state index in [4.69, 9.17) is 13.3 Å². The number of nitrogens with zero attached hydrogens (tertiary/aromatic N) is 12. The van der Waals surface area contributed by atoms with E-state index in [1.54, 1.807) is 115 Å². The van der Waals surface area contributed by atoms with Crippen molar-refractivity contribution in [2.75, 3.05) is 0 Å². The average Bonchev–Trinajstić information content (AvgIpc) is 4.21. The summed E-state index contributed by atoms with van der Waals surface area (Å²) < 4.78 is 44.3. The summed E-state index contributed by atoms with van der Waals surface area (Å²) in [5, 5.41) is 19.5. The molecule has 0 radical (unpaired) electrons. The van der Waals surface area contributed by atoms with Crippen LogP contribution in [0.4, 0.5) is 0 Å². The second kappa shape index (κ2) is 46.4. The minimum atomic E-state index is 0.718. The van der Waals surface area contributed by atoms with Crippen LogP contribution in [-0.2, 0) is 0 Å². The Kier molecular flexibility index (Phi) is 40.7. The summed E-state index contributed by atoms with van der Waals surface area (Å²) >= 11 is 9.47. The molecule has 0 aliphatic carbocycles. The Hall–Kier alpha value is -7.68. The average molecular weight is 1190 g/mol. The summed E-state index contributed by atoms with van der Waals surface area (Å²) in [5.41, 5.74) is 10.0. The van der Waals surface area contributed by atoms with Crippen molar-refractivity contribution in [3.8, 4) is 0 Å². The van der Waals surface area contributed by atoms with Gasteiger partial charge in [-0.15, -0.1) is 34.0 Å². The number of oxazole rings is 3. The lowest BCUT2D eigenvalue weighted by molar-refractivity contribution is 0.397. The third-order valence-electron chi connectivity index (χ3n) is 7.59. The van der Waals surface area contributed by atoms with Crippen LogP contribution in [0.5, 0.6) is 0 Å². The molecule has 0 saturated heterocycles. The monoisotopic (exact) mass is 1190 g/mol. The highest BCUT2D eigenvalue weighted by molar-refractivity contribution is 7.09. The van der Waals surface area contributed by atoms with Crippen molar-refractivity contribution in [1.82, 2.24) is 58.5 Å². The van der Waals surface area contributed by atoms with Crippen LogP contribution in [0.1, 0.15) is 77.6 Å². The first-order chi connectivity index (χ1) is 38.0. The van der Waals surface area contributed by atoms with Crippen molar-refractivity contribution in [1.29, 1.82) is 0 Å². The molecule has 13 rings (SSSR count). The van der Waals surface area contributed by atoms with Gasteiger partial charge in [-0.25, -0.2) is 23.7 Å². The molecule has 0 spiro atoms. The van der Waals surface area contributed by atoms with Gasteiger partial charge in [0.25, 0.3) is 0 Å². The van der Waals surface area contributed by atoms with Crippen LogP contribution in [0.2, 0.25) is 0 Å². The molecule has 0 bridgehead atoms. The predicted octanol–water partition coefficient (Wildman–Crippen LogP) is 16.5. The van der Waals surface area contributed by atoms with Gasteiger partial charge in [0.05, 0.1) is 57.9 Å². The molecule has 0 N–H and O–H groups in total. The van der Waals surface area contributed by atoms with Crippen LogP contribution in [-0.4, -0.2) is 58.5 Å². The number of furan rings is 1. The molecule has 0 atom stereocenters. The molecule has 0 aliphatic rings. The van der Waals surface area contributed by atoms with E-state index in [2.05, 4.69) is 76.5 Å². The van der Waals surface area contributed by atoms with Crippen LogP contribution in [0.3, 0.4) is 0 Å². The summed E-state index contributed by atoms with van der Waals surface area (Å²) in [6.07, 6.45) is 23.0. The fourth-order valence-corrected chi connectivity index (χ4v) is 6.74. The second-order valence-electron chi connectivity index (χ2n) is 15.2. The Labute approximate surface area is 486 Å². The summed E-state index contributed by atoms with van der Waals surface area (Å²) in [5.74, 6) is 4.40. The Bertz CT molecular complexity index is 2360. The number of thiazole rings is 3. The summed E-state index contributed by atoms with van der Waals surface area (Å²) in [7, 11) is 0. The predicted molar refractivity (Wildman–Crippen MR) is 317 cm³/mol. The molecule has 13 aromatic heterocycles. The number of hydrogen-bond donors (Lipinski definition) is 0. The van der Waals surface area contributed by atoms with Crippen LogP contribution in [0.25, 0.3) is 0 Å². The smallest absolute Gasteiger partial charge is 0.190 e. The minimum Gasteiger partial charge on any atom is -0.467 e. The van der Waals surface area contributed by atoms with Crippen LogP contribution in [0.15, 0.2) is 188 Å². The maximum atomic E-state index is 5.08. The van der Waals surface area contributed by atoms with E-state index in [0.717, 1.165) is 62.3 Å². The SMILES string of the molecule is Cc1ccc(C)o1.Cc1ccno1.Cc1ccns1.Cc1ccon1.Cc1ccsn1.Cc1cnco1.Cc1cncs1.Cc1cnoc1.Cc1cnsc1.Cc1cocn1.Cc1cscn1.Cc1ncco1.Cc1nccs1. The van der Waals surface area contributed by atoms with Crippen LogP contribution >= 0.6 is 68.6 Å². The molecule has 13 aromatic rings. The van der Waals surface area contributed by atoms with Crippen molar-refractivity contribution >= 4 is 68.6 Å². The molecular formula is C54H68N12O7S6. The molecule has 0 amide bonds. The zero-order valence-electron chi connectivity index (χ0n) is 46.7. The first-order valence-corrected chi connectivity index (χ1v) is 28.5. The van der Waals surface area contributed by atoms with Gasteiger partial charge in [-0.2, -0.15) is 4.37 Å². The maximum absolute atomic E-state index is 5.08. The van der Waals surface area contributed by atoms with Crippen molar-refractivity contribution < 1.29 is 31.2 Å². The van der Waals surface area contributed by atoms with Crippen molar-refractivity contribution in [3.05, 3.63) is 234 Å². The fraction of sp³-hybridized carbons (Fsp3) is 0.259. The molecular weight excluding hydrogens is 1120 g/mol. The van der Waals surface area contributed by atoms with Crippen molar-refractivity contribution in [3.63, 3.8) is 0 Å². The van der Waals surface area contributed by atoms with E-state index < -0.39 is 0 Å². The van der Waals surface area contributed by atoms with Gasteiger partial charge in [-0.05, 0) is 154 Å². The number of rotatable bonds is 0. The Morgan fingerprint density at radius 3 is 1.43 bits per heavy atom. The maximum Gasteiger partial charge on any atom is 0.190 e. The van der Waals surface area contributed by atoms with E-state index in [0.29, 0.717) is 0 Å². The van der Waals surface area contributed by atoms with Crippen LogP contribution < -0.4 is 0 Å². The highest BCUT2D eigenvalue weighted by Gasteiger charge is 1.86. The second-order valence-corrected chi connectivity index (χ2v) is 20.4. The summed E-state index contributed by atoms with van der Waals surface area (Å²) in [4.78, 5) is 25.4. The normalized spacial score (nSPS) is 8.89. The molecule has 13 heterocycles. The van der Waals surface area contributed by atoms with Crippen molar-refractivity contribution in [2.24, 2.45) is 0 Å². The molecule has 0 unspecified atom stereocenters. The molecule has 79 heavy (non-hydrogen) atoms. The largest absolute Gasteiger partial charge is 0.467 e. The van der Waals surface area contributed by atoms with Gasteiger partial charge in [0.2, 0.25) is 0 Å². The van der Waals surface area contributed by atoms with E-state index in [-0.39, 0.29) is 0 Å². The van der Waals surface area contributed by atoms with E-state index in [1.807, 2.05) is 159 Å². The zero-order valence-corrected chi connectivity index (χ0v) is 51.6. The number of aromatic nitrogens is 12. The van der Waals surface area contributed by atoms with Gasteiger partial charge in [0.1, 0.15) is 48.1 Å². The summed E-state index contributed by atoms with van der Waals surface area (Å²) in [6, 6.07) is 11.5. The van der Waals surface area contributed by atoms with Crippen LogP contribution in [0, 0.1) is 96.9 Å². The number of hydrogen-bond acceptors (Lipinski definition) is 25. The van der Waals surface area contributed by atoms with E-state index in [1.165, 1.54) is 62.7 Å². The quantitative estimate of drug-likeness (QED) is 0.137. The topological polar surface area (TPSA) is 247 Å². The van der Waals surface area contributed by atoms with Gasteiger partial charge >= 0.3 is 0 Å². The number of aryl methyl sites for hydroxylation is 14. The van der Waals surface area contributed by atoms with E-state index >= 15 is 0 Å². The zero-order chi connectivity index (χ0) is 58.1. The Balaban J connectivity index is 0.000000428. The van der Waals surface area contributed by atoms with Crippen molar-refractivity contribution in [2.45, 2.75) is 96.9 Å². The van der Waals surface area contributed by atoms with Gasteiger partial charge in [0.15, 0.2) is 18.7 Å². The molecule has 0 aromatic carbocycles. The molecule has 0 fully saturated rings. The first-order valence-electron chi connectivity index (χ1n) is 23.4. The fourth-order valence-electron chi connectivity index (χ4n) is 3.87. The van der Waals surface area contributed by atoms with Gasteiger partial charge < -0.3 is 31.2 Å². The molecule has 19 nitrogen and oxygen atoms in total. The Morgan fingerprint density at radius 1 is 0.468 bits per heavy atom. The lowest BCUT2D eigenvalue weighted by Crippen LogP contribution is -1.59.